The Kier molecular flexibility index (Phi) is 3.66. The molecule has 0 radical (unpaired) electrons. The summed E-state index contributed by atoms with van der Waals surface area (Å²) >= 11 is 3.37. The number of carbonyl (C=O) groups is 1. The largest absolute Gasteiger partial charge is 0.444 e. The Morgan fingerprint density at radius 1 is 1.56 bits per heavy atom. The molecule has 0 saturated carbocycles. The summed E-state index contributed by atoms with van der Waals surface area (Å²) in [6.07, 6.45) is 5.19. The standard InChI is InChI=1S/C12H18BrN3O2/c1-12(2,3)18-11(17)15-6-4-5-10(15)16-8-9(13)7-14-16/h7-8,10H,4-6H2,1-3H3. The Balaban J connectivity index is 2.10. The van der Waals surface area contributed by atoms with E-state index in [2.05, 4.69) is 21.0 Å². The maximum atomic E-state index is 12.1. The lowest BCUT2D eigenvalue weighted by Crippen LogP contribution is -2.38. The Labute approximate surface area is 115 Å². The van der Waals surface area contributed by atoms with Crippen LogP contribution < -0.4 is 0 Å². The van der Waals surface area contributed by atoms with Gasteiger partial charge in [-0.3, -0.25) is 4.90 Å². The van der Waals surface area contributed by atoms with Crippen LogP contribution in [0.15, 0.2) is 16.9 Å². The van der Waals surface area contributed by atoms with Crippen LogP contribution in [-0.2, 0) is 4.74 Å². The number of carbonyl (C=O) groups excluding carboxylic acids is 1. The molecular weight excluding hydrogens is 298 g/mol. The van der Waals surface area contributed by atoms with Crippen LogP contribution in [0.5, 0.6) is 0 Å². The van der Waals surface area contributed by atoms with Crippen LogP contribution in [-0.4, -0.2) is 32.9 Å². The van der Waals surface area contributed by atoms with Crippen LogP contribution in [0.1, 0.15) is 39.8 Å². The molecule has 0 N–H and O–H groups in total. The van der Waals surface area contributed by atoms with Crippen molar-refractivity contribution in [2.24, 2.45) is 0 Å². The Morgan fingerprint density at radius 2 is 2.28 bits per heavy atom. The molecule has 6 heteroatoms. The van der Waals surface area contributed by atoms with Crippen LogP contribution >= 0.6 is 15.9 Å². The van der Waals surface area contributed by atoms with E-state index in [0.29, 0.717) is 0 Å². The van der Waals surface area contributed by atoms with Gasteiger partial charge in [0.1, 0.15) is 11.8 Å². The van der Waals surface area contributed by atoms with Gasteiger partial charge in [-0.1, -0.05) is 0 Å². The molecule has 18 heavy (non-hydrogen) atoms. The number of hydrogen-bond acceptors (Lipinski definition) is 3. The van der Waals surface area contributed by atoms with Gasteiger partial charge in [0.2, 0.25) is 0 Å². The van der Waals surface area contributed by atoms with Gasteiger partial charge in [0.15, 0.2) is 0 Å². The molecule has 2 rings (SSSR count). The van der Waals surface area contributed by atoms with Crippen molar-refractivity contribution in [2.75, 3.05) is 6.54 Å². The van der Waals surface area contributed by atoms with E-state index >= 15 is 0 Å². The van der Waals surface area contributed by atoms with Crippen LogP contribution in [0.2, 0.25) is 0 Å². The Morgan fingerprint density at radius 3 is 2.83 bits per heavy atom. The predicted molar refractivity (Wildman–Crippen MR) is 71.1 cm³/mol. The topological polar surface area (TPSA) is 47.4 Å². The van der Waals surface area contributed by atoms with E-state index in [1.807, 2.05) is 27.0 Å². The molecule has 1 amide bonds. The number of nitrogens with zero attached hydrogens (tertiary/aromatic N) is 3. The molecule has 5 nitrogen and oxygen atoms in total. The Bertz CT molecular complexity index is 439. The summed E-state index contributed by atoms with van der Waals surface area (Å²) in [5, 5.41) is 4.25. The third-order valence-electron chi connectivity index (χ3n) is 2.72. The van der Waals surface area contributed by atoms with Crippen molar-refractivity contribution in [1.29, 1.82) is 0 Å². The molecule has 1 saturated heterocycles. The number of hydrogen-bond donors (Lipinski definition) is 0. The molecule has 1 unspecified atom stereocenters. The fourth-order valence-corrected chi connectivity index (χ4v) is 2.34. The molecule has 0 aliphatic carbocycles. The van der Waals surface area contributed by atoms with Crippen molar-refractivity contribution >= 4 is 22.0 Å². The maximum absolute atomic E-state index is 12.1. The highest BCUT2D eigenvalue weighted by Gasteiger charge is 2.33. The first-order chi connectivity index (χ1) is 8.37. The summed E-state index contributed by atoms with van der Waals surface area (Å²) in [7, 11) is 0. The summed E-state index contributed by atoms with van der Waals surface area (Å²) in [5.74, 6) is 0. The first-order valence-corrected chi connectivity index (χ1v) is 6.85. The summed E-state index contributed by atoms with van der Waals surface area (Å²) < 4.78 is 8.14. The fourth-order valence-electron chi connectivity index (χ4n) is 2.04. The molecule has 1 fully saturated rings. The second-order valence-electron chi connectivity index (χ2n) is 5.44. The molecule has 0 spiro atoms. The van der Waals surface area contributed by atoms with Crippen LogP contribution in [0, 0.1) is 0 Å². The van der Waals surface area contributed by atoms with E-state index in [1.165, 1.54) is 0 Å². The van der Waals surface area contributed by atoms with Gasteiger partial charge in [-0.05, 0) is 49.5 Å². The second-order valence-corrected chi connectivity index (χ2v) is 6.35. The molecule has 0 bridgehead atoms. The third-order valence-corrected chi connectivity index (χ3v) is 3.13. The number of ether oxygens (including phenoxy) is 1. The highest BCUT2D eigenvalue weighted by Crippen LogP contribution is 2.28. The van der Waals surface area contributed by atoms with Gasteiger partial charge in [-0.25, -0.2) is 9.48 Å². The van der Waals surface area contributed by atoms with E-state index in [0.717, 1.165) is 23.9 Å². The zero-order valence-electron chi connectivity index (χ0n) is 10.9. The number of rotatable bonds is 1. The monoisotopic (exact) mass is 315 g/mol. The number of halogens is 1. The van der Waals surface area contributed by atoms with Crippen molar-refractivity contribution in [1.82, 2.24) is 14.7 Å². The highest BCUT2D eigenvalue weighted by molar-refractivity contribution is 9.10. The predicted octanol–water partition coefficient (Wildman–Crippen LogP) is 3.18. The first kappa shape index (κ1) is 13.4. The van der Waals surface area contributed by atoms with Gasteiger partial charge in [0.05, 0.1) is 10.7 Å². The minimum absolute atomic E-state index is 0.0360. The summed E-state index contributed by atoms with van der Waals surface area (Å²) in [4.78, 5) is 13.8. The molecule has 1 aliphatic heterocycles. The van der Waals surface area contributed by atoms with Crippen molar-refractivity contribution in [2.45, 2.75) is 45.4 Å². The van der Waals surface area contributed by atoms with Gasteiger partial charge in [0.25, 0.3) is 0 Å². The average molecular weight is 316 g/mol. The van der Waals surface area contributed by atoms with Crippen LogP contribution in [0.3, 0.4) is 0 Å². The molecule has 1 aliphatic rings. The van der Waals surface area contributed by atoms with Crippen molar-refractivity contribution in [3.05, 3.63) is 16.9 Å². The number of aromatic nitrogens is 2. The SMILES string of the molecule is CC(C)(C)OC(=O)N1CCCC1n1cc(Br)cn1. The summed E-state index contributed by atoms with van der Waals surface area (Å²) in [6, 6.07) is 0. The van der Waals surface area contributed by atoms with Gasteiger partial charge in [-0.15, -0.1) is 0 Å². The normalized spacial score (nSPS) is 20.2. The zero-order valence-corrected chi connectivity index (χ0v) is 12.5. The van der Waals surface area contributed by atoms with Crippen molar-refractivity contribution in [3.8, 4) is 0 Å². The fraction of sp³-hybridized carbons (Fsp3) is 0.667. The van der Waals surface area contributed by atoms with E-state index in [-0.39, 0.29) is 12.3 Å². The van der Waals surface area contributed by atoms with E-state index in [9.17, 15) is 4.79 Å². The van der Waals surface area contributed by atoms with E-state index in [1.54, 1.807) is 15.8 Å². The lowest BCUT2D eigenvalue weighted by Gasteiger charge is -2.28. The summed E-state index contributed by atoms with van der Waals surface area (Å²) in [6.45, 7) is 6.35. The van der Waals surface area contributed by atoms with Gasteiger partial charge < -0.3 is 4.74 Å². The number of amides is 1. The molecule has 1 aromatic rings. The van der Waals surface area contributed by atoms with Gasteiger partial charge in [0, 0.05) is 12.7 Å². The maximum Gasteiger partial charge on any atom is 0.411 e. The van der Waals surface area contributed by atoms with Crippen molar-refractivity contribution < 1.29 is 9.53 Å². The lowest BCUT2D eigenvalue weighted by atomic mass is 10.2. The van der Waals surface area contributed by atoms with Crippen LogP contribution in [0.25, 0.3) is 0 Å². The first-order valence-electron chi connectivity index (χ1n) is 6.06. The smallest absolute Gasteiger partial charge is 0.411 e. The number of likely N-dealkylation sites (tertiary alicyclic amines) is 1. The lowest BCUT2D eigenvalue weighted by molar-refractivity contribution is 0.0149. The zero-order chi connectivity index (χ0) is 13.3. The summed E-state index contributed by atoms with van der Waals surface area (Å²) in [5.41, 5.74) is -0.463. The molecule has 1 aromatic heterocycles. The van der Waals surface area contributed by atoms with Gasteiger partial charge >= 0.3 is 6.09 Å². The molecule has 100 valence electrons. The Hall–Kier alpha value is -1.04. The van der Waals surface area contributed by atoms with Crippen molar-refractivity contribution in [3.63, 3.8) is 0 Å². The van der Waals surface area contributed by atoms with Gasteiger partial charge in [-0.2, -0.15) is 5.10 Å². The average Bonchev–Trinajstić information content (AvgIpc) is 2.81. The molecular formula is C12H18BrN3O2. The second kappa shape index (κ2) is 4.91. The highest BCUT2D eigenvalue weighted by atomic mass is 79.9. The molecule has 0 aromatic carbocycles. The molecule has 2 heterocycles. The minimum atomic E-state index is -0.463. The minimum Gasteiger partial charge on any atom is -0.444 e. The quantitative estimate of drug-likeness (QED) is 0.799. The molecule has 1 atom stereocenters. The van der Waals surface area contributed by atoms with E-state index in [4.69, 9.17) is 4.74 Å². The van der Waals surface area contributed by atoms with E-state index < -0.39 is 5.60 Å². The third kappa shape index (κ3) is 3.04. The van der Waals surface area contributed by atoms with Crippen LogP contribution in [0.4, 0.5) is 4.79 Å².